The number of nitrogens with one attached hydrogen (secondary N) is 1. The van der Waals surface area contributed by atoms with E-state index in [-0.39, 0.29) is 0 Å². The number of benzene rings is 1. The highest BCUT2D eigenvalue weighted by atomic mass is 32.1. The van der Waals surface area contributed by atoms with Crippen LogP contribution in [-0.2, 0) is 0 Å². The molecule has 3 aromatic rings. The zero-order valence-electron chi connectivity index (χ0n) is 9.10. The average Bonchev–Trinajstić information content (AvgIpc) is 2.93. The lowest BCUT2D eigenvalue weighted by Crippen LogP contribution is -1.86. The molecule has 0 amide bonds. The molecule has 5 nitrogen and oxygen atoms in total. The lowest BCUT2D eigenvalue weighted by atomic mass is 10.3. The average molecular weight is 246 g/mol. The molecule has 0 unspecified atom stereocenters. The number of nitrogen functional groups attached to an aromatic ring is 1. The Morgan fingerprint density at radius 2 is 2.29 bits per heavy atom. The Morgan fingerprint density at radius 1 is 1.41 bits per heavy atom. The van der Waals surface area contributed by atoms with E-state index in [1.54, 1.807) is 24.6 Å². The molecule has 0 fully saturated rings. The van der Waals surface area contributed by atoms with Gasteiger partial charge in [-0.1, -0.05) is 0 Å². The van der Waals surface area contributed by atoms with Crippen molar-refractivity contribution in [1.82, 2.24) is 15.2 Å². The maximum Gasteiger partial charge on any atom is 0.129 e. The summed E-state index contributed by atoms with van der Waals surface area (Å²) in [5, 5.41) is 7.46. The van der Waals surface area contributed by atoms with E-state index in [0.29, 0.717) is 5.82 Å². The van der Waals surface area contributed by atoms with Crippen molar-refractivity contribution in [2.24, 2.45) is 0 Å². The van der Waals surface area contributed by atoms with Crippen LogP contribution in [0.15, 0.2) is 24.4 Å². The highest BCUT2D eigenvalue weighted by Gasteiger charge is 2.11. The van der Waals surface area contributed by atoms with Crippen LogP contribution in [0.1, 0.15) is 0 Å². The number of hydrogen-bond acceptors (Lipinski definition) is 5. The SMILES string of the molecule is COc1ccc2nc(-c3cn[nH]c3N)sc2c1. The third kappa shape index (κ3) is 1.62. The molecule has 3 N–H and O–H groups in total. The lowest BCUT2D eigenvalue weighted by Gasteiger charge is -1.96. The fraction of sp³-hybridized carbons (Fsp3) is 0.0909. The van der Waals surface area contributed by atoms with E-state index in [1.165, 1.54) is 0 Å². The number of thiazole rings is 1. The molecule has 1 aromatic carbocycles. The Bertz CT molecular complexity index is 673. The van der Waals surface area contributed by atoms with Crippen LogP contribution in [0, 0.1) is 0 Å². The number of H-pyrrole nitrogens is 1. The van der Waals surface area contributed by atoms with Gasteiger partial charge in [0, 0.05) is 0 Å². The number of anilines is 1. The summed E-state index contributed by atoms with van der Waals surface area (Å²) in [4.78, 5) is 4.51. The first-order chi connectivity index (χ1) is 8.28. The third-order valence-electron chi connectivity index (χ3n) is 2.49. The van der Waals surface area contributed by atoms with Gasteiger partial charge in [0.1, 0.15) is 16.6 Å². The Balaban J connectivity index is 2.17. The highest BCUT2D eigenvalue weighted by Crippen LogP contribution is 2.33. The normalized spacial score (nSPS) is 10.9. The minimum Gasteiger partial charge on any atom is -0.497 e. The van der Waals surface area contributed by atoms with Crippen molar-refractivity contribution in [3.8, 4) is 16.3 Å². The summed E-state index contributed by atoms with van der Waals surface area (Å²) in [6, 6.07) is 5.79. The molecule has 6 heteroatoms. The van der Waals surface area contributed by atoms with Crippen LogP contribution in [0.3, 0.4) is 0 Å². The molecule has 0 radical (unpaired) electrons. The number of aromatic amines is 1. The first kappa shape index (κ1) is 10.1. The minimum atomic E-state index is 0.538. The standard InChI is InChI=1S/C11H10N4OS/c1-16-6-2-3-8-9(4-6)17-11(14-8)7-5-13-15-10(7)12/h2-5H,1H3,(H3,12,13,15). The monoisotopic (exact) mass is 246 g/mol. The second-order valence-electron chi connectivity index (χ2n) is 3.55. The van der Waals surface area contributed by atoms with Crippen LogP contribution in [-0.4, -0.2) is 22.3 Å². The van der Waals surface area contributed by atoms with Gasteiger partial charge in [0.2, 0.25) is 0 Å². The van der Waals surface area contributed by atoms with Gasteiger partial charge in [0.05, 0.1) is 29.1 Å². The van der Waals surface area contributed by atoms with E-state index in [1.807, 2.05) is 18.2 Å². The highest BCUT2D eigenvalue weighted by molar-refractivity contribution is 7.21. The molecule has 2 aromatic heterocycles. The maximum absolute atomic E-state index is 5.77. The van der Waals surface area contributed by atoms with E-state index in [9.17, 15) is 0 Å². The fourth-order valence-corrected chi connectivity index (χ4v) is 2.63. The molecule has 0 saturated carbocycles. The van der Waals surface area contributed by atoms with Gasteiger partial charge in [0.25, 0.3) is 0 Å². The molecule has 3 rings (SSSR count). The second-order valence-corrected chi connectivity index (χ2v) is 4.58. The number of nitrogens with zero attached hydrogens (tertiary/aromatic N) is 2. The minimum absolute atomic E-state index is 0.538. The smallest absolute Gasteiger partial charge is 0.129 e. The molecule has 0 aliphatic carbocycles. The number of aromatic nitrogens is 3. The molecule has 2 heterocycles. The first-order valence-electron chi connectivity index (χ1n) is 5.02. The summed E-state index contributed by atoms with van der Waals surface area (Å²) in [5.74, 6) is 1.36. The summed E-state index contributed by atoms with van der Waals surface area (Å²) >= 11 is 1.57. The predicted molar refractivity (Wildman–Crippen MR) is 68.2 cm³/mol. The van der Waals surface area contributed by atoms with Gasteiger partial charge in [-0.2, -0.15) is 5.10 Å². The molecule has 0 aliphatic heterocycles. The van der Waals surface area contributed by atoms with Crippen molar-refractivity contribution < 1.29 is 4.74 Å². The van der Waals surface area contributed by atoms with Crippen molar-refractivity contribution in [2.75, 3.05) is 12.8 Å². The van der Waals surface area contributed by atoms with Gasteiger partial charge in [-0.25, -0.2) is 4.98 Å². The number of methoxy groups -OCH3 is 1. The molecule has 0 atom stereocenters. The molecule has 86 valence electrons. The Kier molecular flexibility index (Phi) is 2.22. The van der Waals surface area contributed by atoms with E-state index >= 15 is 0 Å². The Hall–Kier alpha value is -2.08. The van der Waals surface area contributed by atoms with E-state index in [0.717, 1.165) is 26.5 Å². The van der Waals surface area contributed by atoms with E-state index < -0.39 is 0 Å². The summed E-state index contributed by atoms with van der Waals surface area (Å²) in [7, 11) is 1.65. The molecule has 0 aliphatic rings. The van der Waals surface area contributed by atoms with Crippen LogP contribution in [0.2, 0.25) is 0 Å². The summed E-state index contributed by atoms with van der Waals surface area (Å²) in [6.07, 6.45) is 1.68. The van der Waals surface area contributed by atoms with Crippen molar-refractivity contribution >= 4 is 27.4 Å². The van der Waals surface area contributed by atoms with Gasteiger partial charge in [-0.05, 0) is 18.2 Å². The van der Waals surface area contributed by atoms with Crippen molar-refractivity contribution in [3.05, 3.63) is 24.4 Å². The van der Waals surface area contributed by atoms with Crippen molar-refractivity contribution in [2.45, 2.75) is 0 Å². The van der Waals surface area contributed by atoms with Crippen LogP contribution in [0.25, 0.3) is 20.8 Å². The van der Waals surface area contributed by atoms with Crippen molar-refractivity contribution in [1.29, 1.82) is 0 Å². The molecular weight excluding hydrogens is 236 g/mol. The van der Waals surface area contributed by atoms with E-state index in [2.05, 4.69) is 15.2 Å². The maximum atomic E-state index is 5.77. The van der Waals surface area contributed by atoms with Gasteiger partial charge in [0.15, 0.2) is 0 Å². The number of hydrogen-bond donors (Lipinski definition) is 2. The number of nitrogens with two attached hydrogens (primary N) is 1. The largest absolute Gasteiger partial charge is 0.497 e. The zero-order valence-corrected chi connectivity index (χ0v) is 9.91. The summed E-state index contributed by atoms with van der Waals surface area (Å²) in [5.41, 5.74) is 7.55. The Labute approximate surface area is 101 Å². The molecule has 0 saturated heterocycles. The third-order valence-corrected chi connectivity index (χ3v) is 3.55. The van der Waals surface area contributed by atoms with Crippen molar-refractivity contribution in [3.63, 3.8) is 0 Å². The quantitative estimate of drug-likeness (QED) is 0.727. The van der Waals surface area contributed by atoms with Gasteiger partial charge >= 0.3 is 0 Å². The van der Waals surface area contributed by atoms with Gasteiger partial charge in [-0.3, -0.25) is 5.10 Å². The van der Waals surface area contributed by atoms with Gasteiger partial charge < -0.3 is 10.5 Å². The molecule has 0 bridgehead atoms. The lowest BCUT2D eigenvalue weighted by molar-refractivity contribution is 0.415. The van der Waals surface area contributed by atoms with Crippen LogP contribution in [0.4, 0.5) is 5.82 Å². The van der Waals surface area contributed by atoms with Crippen LogP contribution >= 0.6 is 11.3 Å². The fourth-order valence-electron chi connectivity index (χ4n) is 1.61. The first-order valence-corrected chi connectivity index (χ1v) is 5.83. The van der Waals surface area contributed by atoms with Crippen LogP contribution in [0.5, 0.6) is 5.75 Å². The topological polar surface area (TPSA) is 76.8 Å². The molecule has 0 spiro atoms. The Morgan fingerprint density at radius 3 is 3.00 bits per heavy atom. The predicted octanol–water partition coefficient (Wildman–Crippen LogP) is 2.28. The molecular formula is C11H10N4OS. The number of fused-ring (bicyclic) bond motifs is 1. The second kappa shape index (κ2) is 3.74. The zero-order chi connectivity index (χ0) is 11.8. The summed E-state index contributed by atoms with van der Waals surface area (Å²) in [6.45, 7) is 0. The van der Waals surface area contributed by atoms with E-state index in [4.69, 9.17) is 10.5 Å². The van der Waals surface area contributed by atoms with Gasteiger partial charge in [-0.15, -0.1) is 11.3 Å². The summed E-state index contributed by atoms with van der Waals surface area (Å²) < 4.78 is 6.25. The van der Waals surface area contributed by atoms with Crippen LogP contribution < -0.4 is 10.5 Å². The number of rotatable bonds is 2. The molecule has 17 heavy (non-hydrogen) atoms. The number of ether oxygens (including phenoxy) is 1.